The molecule has 1 atom stereocenters. The molecule has 3 aromatic carbocycles. The number of fused-ring (bicyclic) bond motifs is 3. The van der Waals surface area contributed by atoms with Crippen LogP contribution in [0.25, 0.3) is 20.2 Å². The maximum absolute atomic E-state index is 8.18. The van der Waals surface area contributed by atoms with E-state index in [-0.39, 0.29) is 0 Å². The predicted octanol–water partition coefficient (Wildman–Crippen LogP) is 4.63. The van der Waals surface area contributed by atoms with E-state index in [9.17, 15) is 0 Å². The highest BCUT2D eigenvalue weighted by Crippen LogP contribution is 2.34. The molecule has 0 bridgehead atoms. The van der Waals surface area contributed by atoms with Gasteiger partial charge in [0.15, 0.2) is 0 Å². The number of benzene rings is 3. The van der Waals surface area contributed by atoms with Gasteiger partial charge < -0.3 is 11.1 Å². The molecule has 1 heterocycles. The van der Waals surface area contributed by atoms with Gasteiger partial charge in [-0.2, -0.15) is 0 Å². The lowest BCUT2D eigenvalue weighted by molar-refractivity contribution is 0.680. The number of rotatable bonds is 3. The molecule has 0 saturated heterocycles. The third kappa shape index (κ3) is 2.66. The van der Waals surface area contributed by atoms with Crippen LogP contribution in [0.4, 0.5) is 0 Å². The summed E-state index contributed by atoms with van der Waals surface area (Å²) < 4.78 is 2.54. The summed E-state index contributed by atoms with van der Waals surface area (Å²) in [5.74, 6) is 0.332. The molecule has 0 spiro atoms. The van der Waals surface area contributed by atoms with Crippen LogP contribution >= 0.6 is 11.3 Å². The Morgan fingerprint density at radius 3 is 2.42 bits per heavy atom. The van der Waals surface area contributed by atoms with Crippen LogP contribution in [0.1, 0.15) is 17.3 Å². The van der Waals surface area contributed by atoms with Gasteiger partial charge in [0.1, 0.15) is 12.0 Å². The van der Waals surface area contributed by atoms with Gasteiger partial charge in [-0.05, 0) is 23.8 Å². The summed E-state index contributed by atoms with van der Waals surface area (Å²) in [6.07, 6.45) is -0.416. The Morgan fingerprint density at radius 2 is 1.58 bits per heavy atom. The van der Waals surface area contributed by atoms with Crippen molar-refractivity contribution in [2.24, 2.45) is 5.73 Å². The topological polar surface area (TPSA) is 61.9 Å². The van der Waals surface area contributed by atoms with Gasteiger partial charge in [-0.1, -0.05) is 54.6 Å². The van der Waals surface area contributed by atoms with Gasteiger partial charge in [0.2, 0.25) is 0 Å². The fraction of sp³-hybridized carbons (Fsp3) is 0.0500. The third-order valence-corrected chi connectivity index (χ3v) is 5.27. The number of nitrogens with two attached hydrogens (primary N) is 1. The molecule has 0 aliphatic carbocycles. The van der Waals surface area contributed by atoms with E-state index in [4.69, 9.17) is 11.1 Å². The summed E-state index contributed by atoms with van der Waals surface area (Å²) in [5.41, 5.74) is 8.10. The minimum atomic E-state index is -0.416. The SMILES string of the molecule is N=C(NC(N)c1ccc2sc3ccccc3c2c1)c1ccccc1. The van der Waals surface area contributed by atoms with Crippen LogP contribution in [0, 0.1) is 5.41 Å². The van der Waals surface area contributed by atoms with Crippen LogP contribution in [0.15, 0.2) is 72.8 Å². The second kappa shape index (κ2) is 6.07. The van der Waals surface area contributed by atoms with Crippen LogP contribution in [0.3, 0.4) is 0 Å². The molecular formula is C20H17N3S. The van der Waals surface area contributed by atoms with Gasteiger partial charge in [-0.3, -0.25) is 5.41 Å². The molecule has 0 aliphatic heterocycles. The lowest BCUT2D eigenvalue weighted by Crippen LogP contribution is -2.34. The first-order chi connectivity index (χ1) is 11.7. The van der Waals surface area contributed by atoms with Gasteiger partial charge >= 0.3 is 0 Å². The molecule has 4 aromatic rings. The zero-order valence-electron chi connectivity index (χ0n) is 13.0. The molecule has 3 nitrogen and oxygen atoms in total. The number of amidine groups is 1. The second-order valence-electron chi connectivity index (χ2n) is 5.72. The zero-order chi connectivity index (χ0) is 16.5. The Balaban J connectivity index is 1.66. The Morgan fingerprint density at radius 1 is 0.875 bits per heavy atom. The number of thiophene rings is 1. The third-order valence-electron chi connectivity index (χ3n) is 4.12. The summed E-state index contributed by atoms with van der Waals surface area (Å²) in [6, 6.07) is 24.3. The summed E-state index contributed by atoms with van der Waals surface area (Å²) in [6.45, 7) is 0. The summed E-state index contributed by atoms with van der Waals surface area (Å²) in [4.78, 5) is 0. The maximum atomic E-state index is 8.18. The van der Waals surface area contributed by atoms with Crippen LogP contribution in [-0.4, -0.2) is 5.84 Å². The number of nitrogens with one attached hydrogen (secondary N) is 2. The summed E-state index contributed by atoms with van der Waals surface area (Å²) in [7, 11) is 0. The van der Waals surface area contributed by atoms with E-state index in [1.807, 2.05) is 36.4 Å². The van der Waals surface area contributed by atoms with E-state index in [0.717, 1.165) is 11.1 Å². The monoisotopic (exact) mass is 331 g/mol. The highest BCUT2D eigenvalue weighted by atomic mass is 32.1. The maximum Gasteiger partial charge on any atom is 0.126 e. The largest absolute Gasteiger partial charge is 0.351 e. The average molecular weight is 331 g/mol. The van der Waals surface area contributed by atoms with Crippen molar-refractivity contribution in [3.8, 4) is 0 Å². The van der Waals surface area contributed by atoms with Gasteiger partial charge in [0.05, 0.1) is 0 Å². The van der Waals surface area contributed by atoms with Gasteiger partial charge in [-0.15, -0.1) is 11.3 Å². The summed E-state index contributed by atoms with van der Waals surface area (Å²) in [5, 5.41) is 13.7. The molecule has 4 N–H and O–H groups in total. The lowest BCUT2D eigenvalue weighted by Gasteiger charge is -2.16. The van der Waals surface area contributed by atoms with Crippen molar-refractivity contribution in [3.63, 3.8) is 0 Å². The highest BCUT2D eigenvalue weighted by molar-refractivity contribution is 7.25. The van der Waals surface area contributed by atoms with Crippen molar-refractivity contribution in [2.45, 2.75) is 6.17 Å². The number of hydrogen-bond donors (Lipinski definition) is 3. The molecular weight excluding hydrogens is 314 g/mol. The first-order valence-corrected chi connectivity index (χ1v) is 8.61. The Kier molecular flexibility index (Phi) is 3.76. The average Bonchev–Trinajstić information content (AvgIpc) is 3.00. The molecule has 0 radical (unpaired) electrons. The van der Waals surface area contributed by atoms with E-state index < -0.39 is 6.17 Å². The quantitative estimate of drug-likeness (QED) is 0.291. The minimum absolute atomic E-state index is 0.332. The van der Waals surface area contributed by atoms with Crippen molar-refractivity contribution in [1.82, 2.24) is 5.32 Å². The molecule has 0 saturated carbocycles. The molecule has 0 amide bonds. The fourth-order valence-corrected chi connectivity index (χ4v) is 3.95. The fourth-order valence-electron chi connectivity index (χ4n) is 2.86. The van der Waals surface area contributed by atoms with Crippen molar-refractivity contribution in [2.75, 3.05) is 0 Å². The van der Waals surface area contributed by atoms with Gasteiger partial charge in [-0.25, -0.2) is 0 Å². The second-order valence-corrected chi connectivity index (χ2v) is 6.80. The van der Waals surface area contributed by atoms with Crippen LogP contribution in [0.5, 0.6) is 0 Å². The van der Waals surface area contributed by atoms with E-state index in [2.05, 4.69) is 41.7 Å². The first kappa shape index (κ1) is 14.9. The van der Waals surface area contributed by atoms with Crippen molar-refractivity contribution in [3.05, 3.63) is 83.9 Å². The van der Waals surface area contributed by atoms with Gasteiger partial charge in [0.25, 0.3) is 0 Å². The van der Waals surface area contributed by atoms with E-state index in [1.54, 1.807) is 11.3 Å². The Hall–Kier alpha value is -2.69. The Labute approximate surface area is 144 Å². The molecule has 1 unspecified atom stereocenters. The normalized spacial score (nSPS) is 12.4. The van der Waals surface area contributed by atoms with Crippen LogP contribution in [0.2, 0.25) is 0 Å². The van der Waals surface area contributed by atoms with E-state index >= 15 is 0 Å². The molecule has 0 fully saturated rings. The first-order valence-electron chi connectivity index (χ1n) is 7.79. The van der Waals surface area contributed by atoms with Crippen LogP contribution < -0.4 is 11.1 Å². The molecule has 0 aliphatic rings. The standard InChI is InChI=1S/C20H17N3S/c21-19(13-6-2-1-3-7-13)23-20(22)14-10-11-18-16(12-14)15-8-4-5-9-17(15)24-18/h1-12,20H,22H2,(H2,21,23). The van der Waals surface area contributed by atoms with Crippen LogP contribution in [-0.2, 0) is 0 Å². The van der Waals surface area contributed by atoms with E-state index in [0.29, 0.717) is 5.84 Å². The number of hydrogen-bond acceptors (Lipinski definition) is 3. The molecule has 24 heavy (non-hydrogen) atoms. The minimum Gasteiger partial charge on any atom is -0.351 e. The molecule has 4 heteroatoms. The molecule has 118 valence electrons. The molecule has 1 aromatic heterocycles. The van der Waals surface area contributed by atoms with Crippen molar-refractivity contribution >= 4 is 37.3 Å². The lowest BCUT2D eigenvalue weighted by atomic mass is 10.1. The predicted molar refractivity (Wildman–Crippen MR) is 103 cm³/mol. The molecule has 4 rings (SSSR count). The zero-order valence-corrected chi connectivity index (χ0v) is 13.8. The highest BCUT2D eigenvalue weighted by Gasteiger charge is 2.11. The Bertz CT molecular complexity index is 1020. The summed E-state index contributed by atoms with van der Waals surface area (Å²) >= 11 is 1.79. The van der Waals surface area contributed by atoms with E-state index in [1.165, 1.54) is 20.2 Å². The van der Waals surface area contributed by atoms with Crippen molar-refractivity contribution < 1.29 is 0 Å². The smallest absolute Gasteiger partial charge is 0.126 e. The van der Waals surface area contributed by atoms with Crippen molar-refractivity contribution in [1.29, 1.82) is 5.41 Å². The van der Waals surface area contributed by atoms with Gasteiger partial charge in [0, 0.05) is 25.7 Å².